The lowest BCUT2D eigenvalue weighted by Gasteiger charge is -2.58. The summed E-state index contributed by atoms with van der Waals surface area (Å²) in [5, 5.41) is 0. The summed E-state index contributed by atoms with van der Waals surface area (Å²) in [6.07, 6.45) is 10.9. The van der Waals surface area contributed by atoms with Crippen LogP contribution in [0.25, 0.3) is 0 Å². The molecule has 3 aliphatic carbocycles. The van der Waals surface area contributed by atoms with Crippen LogP contribution in [0, 0.1) is 28.6 Å². The summed E-state index contributed by atoms with van der Waals surface area (Å²) in [4.78, 5) is 12.1. The Balaban J connectivity index is 2.02. The summed E-state index contributed by atoms with van der Waals surface area (Å²) < 4.78 is 0. The quantitative estimate of drug-likeness (QED) is 0.721. The Kier molecular flexibility index (Phi) is 3.26. The van der Waals surface area contributed by atoms with E-state index in [-0.39, 0.29) is 16.7 Å². The van der Waals surface area contributed by atoms with Gasteiger partial charge in [0.05, 0.1) is 0 Å². The van der Waals surface area contributed by atoms with Gasteiger partial charge < -0.3 is 5.73 Å². The van der Waals surface area contributed by atoms with Crippen molar-refractivity contribution in [1.82, 2.24) is 0 Å². The molecule has 0 aromatic carbocycles. The van der Waals surface area contributed by atoms with Crippen LogP contribution in [-0.2, 0) is 4.79 Å². The van der Waals surface area contributed by atoms with Crippen molar-refractivity contribution in [3.05, 3.63) is 11.6 Å². The summed E-state index contributed by atoms with van der Waals surface area (Å²) in [5.41, 5.74) is 7.41. The predicted octanol–water partition coefficient (Wildman–Crippen LogP) is 4.05. The highest BCUT2D eigenvalue weighted by Gasteiger charge is 2.56. The SMILES string of the molecule is CC1CCC=C2C1CCC1C(C)(C(N)=O)CCCC21C. The third-order valence-corrected chi connectivity index (χ3v) is 6.99. The number of nitrogens with two attached hydrogens (primary N) is 1. The van der Waals surface area contributed by atoms with E-state index < -0.39 is 0 Å². The Morgan fingerprint density at radius 1 is 1.25 bits per heavy atom. The molecule has 0 bridgehead atoms. The van der Waals surface area contributed by atoms with Gasteiger partial charge in [0.1, 0.15) is 0 Å². The predicted molar refractivity (Wildman–Crippen MR) is 82.0 cm³/mol. The molecule has 0 spiro atoms. The van der Waals surface area contributed by atoms with E-state index in [1.807, 2.05) is 0 Å². The van der Waals surface area contributed by atoms with Crippen LogP contribution >= 0.6 is 0 Å². The molecule has 1 amide bonds. The summed E-state index contributed by atoms with van der Waals surface area (Å²) in [5.74, 6) is 1.96. The first-order chi connectivity index (χ1) is 9.39. The highest BCUT2D eigenvalue weighted by Crippen LogP contribution is 2.62. The molecular weight excluding hydrogens is 246 g/mol. The van der Waals surface area contributed by atoms with Gasteiger partial charge in [0.15, 0.2) is 0 Å². The van der Waals surface area contributed by atoms with Crippen molar-refractivity contribution in [1.29, 1.82) is 0 Å². The van der Waals surface area contributed by atoms with Crippen LogP contribution in [0.5, 0.6) is 0 Å². The maximum Gasteiger partial charge on any atom is 0.223 e. The zero-order valence-corrected chi connectivity index (χ0v) is 13.2. The molecule has 0 heterocycles. The average molecular weight is 275 g/mol. The molecular formula is C18H29NO. The van der Waals surface area contributed by atoms with E-state index in [1.165, 1.54) is 32.1 Å². The molecule has 3 aliphatic rings. The van der Waals surface area contributed by atoms with Gasteiger partial charge in [-0.25, -0.2) is 0 Å². The molecule has 5 atom stereocenters. The Bertz CT molecular complexity index is 454. The standard InChI is InChI=1S/C18H29NO/c1-12-6-4-7-14-13(12)8-9-15-17(14,2)10-5-11-18(15,3)16(19)20/h7,12-13,15H,4-6,8-11H2,1-3H3,(H2,19,20). The van der Waals surface area contributed by atoms with Gasteiger partial charge in [-0.1, -0.05) is 38.8 Å². The van der Waals surface area contributed by atoms with Crippen LogP contribution in [-0.4, -0.2) is 5.91 Å². The van der Waals surface area contributed by atoms with E-state index >= 15 is 0 Å². The molecule has 20 heavy (non-hydrogen) atoms. The third kappa shape index (κ3) is 1.79. The number of primary amides is 1. The molecule has 112 valence electrons. The fourth-order valence-corrected chi connectivity index (χ4v) is 5.76. The van der Waals surface area contributed by atoms with Crippen molar-refractivity contribution in [2.75, 3.05) is 0 Å². The van der Waals surface area contributed by atoms with Gasteiger partial charge in [0, 0.05) is 5.41 Å². The second kappa shape index (κ2) is 4.61. The first-order valence-corrected chi connectivity index (χ1v) is 8.40. The van der Waals surface area contributed by atoms with Crippen LogP contribution < -0.4 is 5.73 Å². The van der Waals surface area contributed by atoms with Crippen molar-refractivity contribution in [2.45, 2.75) is 65.7 Å². The molecule has 2 nitrogen and oxygen atoms in total. The number of amides is 1. The van der Waals surface area contributed by atoms with Gasteiger partial charge in [-0.2, -0.15) is 0 Å². The second-order valence-corrected chi connectivity index (χ2v) is 8.00. The molecule has 0 aromatic heterocycles. The minimum Gasteiger partial charge on any atom is -0.369 e. The number of hydrogen-bond donors (Lipinski definition) is 1. The van der Waals surface area contributed by atoms with Gasteiger partial charge in [0.25, 0.3) is 0 Å². The number of carbonyl (C=O) groups excluding carboxylic acids is 1. The fraction of sp³-hybridized carbons (Fsp3) is 0.833. The summed E-state index contributed by atoms with van der Waals surface area (Å²) in [6.45, 7) is 6.97. The molecule has 5 unspecified atom stereocenters. The van der Waals surface area contributed by atoms with E-state index in [1.54, 1.807) is 5.57 Å². The maximum atomic E-state index is 12.1. The first-order valence-electron chi connectivity index (χ1n) is 8.40. The Hall–Kier alpha value is -0.790. The van der Waals surface area contributed by atoms with Crippen molar-refractivity contribution in [3.8, 4) is 0 Å². The molecule has 0 aromatic rings. The summed E-state index contributed by atoms with van der Waals surface area (Å²) in [6, 6.07) is 0. The van der Waals surface area contributed by atoms with Crippen LogP contribution in [0.15, 0.2) is 11.6 Å². The largest absolute Gasteiger partial charge is 0.369 e. The Morgan fingerprint density at radius 2 is 2.00 bits per heavy atom. The van der Waals surface area contributed by atoms with E-state index in [0.29, 0.717) is 5.92 Å². The molecule has 2 saturated carbocycles. The zero-order chi connectivity index (χ0) is 14.5. The molecule has 0 aliphatic heterocycles. The lowest BCUT2D eigenvalue weighted by Crippen LogP contribution is -2.54. The average Bonchev–Trinajstić information content (AvgIpc) is 2.39. The van der Waals surface area contributed by atoms with Gasteiger partial charge in [-0.15, -0.1) is 0 Å². The number of carbonyl (C=O) groups is 1. The van der Waals surface area contributed by atoms with Gasteiger partial charge in [0.2, 0.25) is 5.91 Å². The smallest absolute Gasteiger partial charge is 0.223 e. The van der Waals surface area contributed by atoms with Gasteiger partial charge in [-0.3, -0.25) is 4.79 Å². The Morgan fingerprint density at radius 3 is 2.70 bits per heavy atom. The first kappa shape index (κ1) is 14.2. The van der Waals surface area contributed by atoms with Gasteiger partial charge >= 0.3 is 0 Å². The molecule has 2 heteroatoms. The second-order valence-electron chi connectivity index (χ2n) is 8.00. The number of fused-ring (bicyclic) bond motifs is 3. The van der Waals surface area contributed by atoms with Crippen molar-refractivity contribution in [2.24, 2.45) is 34.3 Å². The topological polar surface area (TPSA) is 43.1 Å². The van der Waals surface area contributed by atoms with E-state index in [9.17, 15) is 4.79 Å². The van der Waals surface area contributed by atoms with Crippen LogP contribution in [0.4, 0.5) is 0 Å². The summed E-state index contributed by atoms with van der Waals surface area (Å²) >= 11 is 0. The van der Waals surface area contributed by atoms with E-state index in [4.69, 9.17) is 5.73 Å². The highest BCUT2D eigenvalue weighted by atomic mass is 16.1. The maximum absolute atomic E-state index is 12.1. The summed E-state index contributed by atoms with van der Waals surface area (Å²) in [7, 11) is 0. The fourth-order valence-electron chi connectivity index (χ4n) is 5.76. The zero-order valence-electron chi connectivity index (χ0n) is 13.2. The third-order valence-electron chi connectivity index (χ3n) is 6.99. The lowest BCUT2D eigenvalue weighted by atomic mass is 9.46. The van der Waals surface area contributed by atoms with Crippen LogP contribution in [0.3, 0.4) is 0 Å². The molecule has 0 radical (unpaired) electrons. The minimum absolute atomic E-state index is 0.0728. The highest BCUT2D eigenvalue weighted by molar-refractivity contribution is 5.81. The monoisotopic (exact) mass is 275 g/mol. The number of rotatable bonds is 1. The minimum atomic E-state index is -0.292. The van der Waals surface area contributed by atoms with E-state index in [0.717, 1.165) is 24.7 Å². The van der Waals surface area contributed by atoms with Crippen LogP contribution in [0.2, 0.25) is 0 Å². The van der Waals surface area contributed by atoms with Crippen molar-refractivity contribution < 1.29 is 4.79 Å². The normalized spacial score (nSPS) is 48.0. The van der Waals surface area contributed by atoms with E-state index in [2.05, 4.69) is 26.8 Å². The van der Waals surface area contributed by atoms with Crippen LogP contribution in [0.1, 0.15) is 65.7 Å². The Labute approximate surface area is 123 Å². The van der Waals surface area contributed by atoms with Crippen molar-refractivity contribution in [3.63, 3.8) is 0 Å². The number of allylic oxidation sites excluding steroid dienone is 2. The molecule has 3 rings (SSSR count). The molecule has 0 saturated heterocycles. The molecule has 2 fully saturated rings. The number of hydrogen-bond acceptors (Lipinski definition) is 1. The lowest BCUT2D eigenvalue weighted by molar-refractivity contribution is -0.138. The van der Waals surface area contributed by atoms with Gasteiger partial charge in [-0.05, 0) is 61.7 Å². The van der Waals surface area contributed by atoms with Crippen molar-refractivity contribution >= 4 is 5.91 Å². The molecule has 2 N–H and O–H groups in total.